The van der Waals surface area contributed by atoms with E-state index in [0.29, 0.717) is 6.54 Å². The number of ether oxygens (including phenoxy) is 1. The largest absolute Gasteiger partial charge is 0.494 e. The summed E-state index contributed by atoms with van der Waals surface area (Å²) in [5.41, 5.74) is 0.963. The van der Waals surface area contributed by atoms with E-state index in [0.717, 1.165) is 55.7 Å². The maximum Gasteiger partial charge on any atom is 0.194 e. The number of aryl methyl sites for hydroxylation is 1. The number of hydrogen-bond donors (Lipinski definition) is 1. The van der Waals surface area contributed by atoms with Crippen molar-refractivity contribution in [2.75, 3.05) is 40.3 Å². The van der Waals surface area contributed by atoms with E-state index in [4.69, 9.17) is 4.74 Å². The first kappa shape index (κ1) is 20.5. The Hall–Kier alpha value is -2.19. The van der Waals surface area contributed by atoms with Crippen LogP contribution in [0, 0.1) is 5.82 Å². The molecule has 1 aromatic carbocycles. The summed E-state index contributed by atoms with van der Waals surface area (Å²) >= 11 is 1.74. The molecule has 2 heterocycles. The normalized spacial score (nSPS) is 15.7. The van der Waals surface area contributed by atoms with Gasteiger partial charge in [-0.25, -0.2) is 9.37 Å². The predicted octanol–water partition coefficient (Wildman–Crippen LogP) is 2.75. The number of piperazine rings is 1. The maximum atomic E-state index is 13.9. The van der Waals surface area contributed by atoms with Crippen LogP contribution in [0.15, 0.2) is 29.4 Å². The van der Waals surface area contributed by atoms with E-state index in [-0.39, 0.29) is 11.6 Å². The maximum absolute atomic E-state index is 13.9. The number of aromatic nitrogens is 1. The van der Waals surface area contributed by atoms with Crippen LogP contribution in [-0.4, -0.2) is 61.1 Å². The van der Waals surface area contributed by atoms with Crippen molar-refractivity contribution in [1.82, 2.24) is 20.1 Å². The lowest BCUT2D eigenvalue weighted by Gasteiger charge is -2.36. The van der Waals surface area contributed by atoms with Crippen molar-refractivity contribution in [3.63, 3.8) is 0 Å². The Bertz CT molecular complexity index is 802. The standard InChI is InChI=1S/C20H28FN5OS/c1-4-16-12-23-19(28-16)13-24-20(22-2)26-9-7-25(8-10-26)14-15-5-6-18(27-3)17(21)11-15/h5-6,11-12H,4,7-10,13-14H2,1-3H3,(H,22,24). The number of guanidine groups is 1. The van der Waals surface area contributed by atoms with Crippen molar-refractivity contribution >= 4 is 17.3 Å². The van der Waals surface area contributed by atoms with Gasteiger partial charge in [-0.05, 0) is 24.1 Å². The van der Waals surface area contributed by atoms with Gasteiger partial charge < -0.3 is 15.0 Å². The van der Waals surface area contributed by atoms with Crippen molar-refractivity contribution < 1.29 is 9.13 Å². The summed E-state index contributed by atoms with van der Waals surface area (Å²) in [6.07, 6.45) is 2.97. The smallest absolute Gasteiger partial charge is 0.194 e. The summed E-state index contributed by atoms with van der Waals surface area (Å²) in [4.78, 5) is 14.8. The van der Waals surface area contributed by atoms with Crippen LogP contribution < -0.4 is 10.1 Å². The third kappa shape index (κ3) is 5.20. The lowest BCUT2D eigenvalue weighted by atomic mass is 10.2. The lowest BCUT2D eigenvalue weighted by Crippen LogP contribution is -2.52. The number of methoxy groups -OCH3 is 1. The average Bonchev–Trinajstić information content (AvgIpc) is 3.18. The van der Waals surface area contributed by atoms with Gasteiger partial charge in [-0.15, -0.1) is 11.3 Å². The number of nitrogens with zero attached hydrogens (tertiary/aromatic N) is 4. The Morgan fingerprint density at radius 1 is 1.32 bits per heavy atom. The highest BCUT2D eigenvalue weighted by atomic mass is 32.1. The van der Waals surface area contributed by atoms with Crippen molar-refractivity contribution in [2.24, 2.45) is 4.99 Å². The predicted molar refractivity (Wildman–Crippen MR) is 111 cm³/mol. The third-order valence-corrected chi connectivity index (χ3v) is 6.00. The zero-order chi connectivity index (χ0) is 19.9. The molecule has 28 heavy (non-hydrogen) atoms. The van der Waals surface area contributed by atoms with Crippen molar-refractivity contribution in [1.29, 1.82) is 0 Å². The van der Waals surface area contributed by atoms with E-state index >= 15 is 0 Å². The highest BCUT2D eigenvalue weighted by molar-refractivity contribution is 7.11. The minimum Gasteiger partial charge on any atom is -0.494 e. The summed E-state index contributed by atoms with van der Waals surface area (Å²) < 4.78 is 18.9. The van der Waals surface area contributed by atoms with Gasteiger partial charge >= 0.3 is 0 Å². The second-order valence-electron chi connectivity index (χ2n) is 6.71. The van der Waals surface area contributed by atoms with Crippen LogP contribution in [-0.2, 0) is 19.5 Å². The minimum atomic E-state index is -0.309. The highest BCUT2D eigenvalue weighted by Gasteiger charge is 2.20. The van der Waals surface area contributed by atoms with E-state index < -0.39 is 0 Å². The molecule has 1 aliphatic rings. The fraction of sp³-hybridized carbons (Fsp3) is 0.500. The zero-order valence-electron chi connectivity index (χ0n) is 16.7. The molecule has 6 nitrogen and oxygen atoms in total. The Morgan fingerprint density at radius 2 is 2.11 bits per heavy atom. The highest BCUT2D eigenvalue weighted by Crippen LogP contribution is 2.19. The van der Waals surface area contributed by atoms with Gasteiger partial charge in [0.1, 0.15) is 5.01 Å². The fourth-order valence-corrected chi connectivity index (χ4v) is 4.07. The molecule has 0 bridgehead atoms. The van der Waals surface area contributed by atoms with Crippen LogP contribution >= 0.6 is 11.3 Å². The van der Waals surface area contributed by atoms with Crippen LogP contribution in [0.2, 0.25) is 0 Å². The molecule has 1 fully saturated rings. The van der Waals surface area contributed by atoms with E-state index in [1.165, 1.54) is 12.0 Å². The molecule has 1 aliphatic heterocycles. The van der Waals surface area contributed by atoms with Crippen molar-refractivity contribution in [2.45, 2.75) is 26.4 Å². The van der Waals surface area contributed by atoms with E-state index in [9.17, 15) is 4.39 Å². The van der Waals surface area contributed by atoms with E-state index in [1.807, 2.05) is 19.3 Å². The summed E-state index contributed by atoms with van der Waals surface area (Å²) in [5.74, 6) is 0.884. The number of thiazole rings is 1. The Balaban J connectivity index is 1.48. The van der Waals surface area contributed by atoms with Crippen LogP contribution in [0.3, 0.4) is 0 Å². The van der Waals surface area contributed by atoms with E-state index in [2.05, 4.69) is 32.0 Å². The van der Waals surface area contributed by atoms with Crippen LogP contribution in [0.25, 0.3) is 0 Å². The first-order chi connectivity index (χ1) is 13.6. The fourth-order valence-electron chi connectivity index (χ4n) is 3.26. The molecule has 0 amide bonds. The summed E-state index contributed by atoms with van der Waals surface area (Å²) in [6, 6.07) is 5.17. The first-order valence-corrected chi connectivity index (χ1v) is 10.4. The second-order valence-corrected chi connectivity index (χ2v) is 7.91. The zero-order valence-corrected chi connectivity index (χ0v) is 17.6. The quantitative estimate of drug-likeness (QED) is 0.592. The molecule has 0 aliphatic carbocycles. The Labute approximate surface area is 170 Å². The lowest BCUT2D eigenvalue weighted by molar-refractivity contribution is 0.172. The van der Waals surface area contributed by atoms with Gasteiger partial charge in [-0.2, -0.15) is 0 Å². The number of hydrogen-bond acceptors (Lipinski definition) is 5. The molecule has 1 aromatic heterocycles. The molecule has 2 aromatic rings. The van der Waals surface area contributed by atoms with Gasteiger partial charge in [0, 0.05) is 50.8 Å². The monoisotopic (exact) mass is 405 g/mol. The molecule has 1 N–H and O–H groups in total. The van der Waals surface area contributed by atoms with Gasteiger partial charge in [-0.3, -0.25) is 9.89 Å². The number of halogens is 1. The number of benzene rings is 1. The topological polar surface area (TPSA) is 53.0 Å². The molecule has 0 radical (unpaired) electrons. The molecule has 0 unspecified atom stereocenters. The second kappa shape index (κ2) is 9.84. The van der Waals surface area contributed by atoms with Gasteiger partial charge in [0.15, 0.2) is 17.5 Å². The van der Waals surface area contributed by atoms with Gasteiger partial charge in [0.2, 0.25) is 0 Å². The molecule has 8 heteroatoms. The number of nitrogens with one attached hydrogen (secondary N) is 1. The first-order valence-electron chi connectivity index (χ1n) is 9.57. The van der Waals surface area contributed by atoms with E-state index in [1.54, 1.807) is 23.5 Å². The molecule has 152 valence electrons. The molecule has 1 saturated heterocycles. The molecule has 0 spiro atoms. The van der Waals surface area contributed by atoms with Gasteiger partial charge in [-0.1, -0.05) is 13.0 Å². The number of aliphatic imine (C=N–C) groups is 1. The van der Waals surface area contributed by atoms with Gasteiger partial charge in [0.25, 0.3) is 0 Å². The molecular weight excluding hydrogens is 377 g/mol. The van der Waals surface area contributed by atoms with Crippen LogP contribution in [0.1, 0.15) is 22.4 Å². The minimum absolute atomic E-state index is 0.287. The average molecular weight is 406 g/mol. The Kier molecular flexibility index (Phi) is 7.22. The molecular formula is C20H28FN5OS. The summed E-state index contributed by atoms with van der Waals surface area (Å²) in [5, 5.41) is 4.50. The van der Waals surface area contributed by atoms with Crippen LogP contribution in [0.5, 0.6) is 5.75 Å². The third-order valence-electron chi connectivity index (χ3n) is 4.85. The number of rotatable bonds is 6. The van der Waals surface area contributed by atoms with Crippen molar-refractivity contribution in [3.05, 3.63) is 45.7 Å². The summed E-state index contributed by atoms with van der Waals surface area (Å²) in [6.45, 7) is 7.16. The molecule has 3 rings (SSSR count). The molecule has 0 saturated carbocycles. The summed E-state index contributed by atoms with van der Waals surface area (Å²) in [7, 11) is 3.30. The van der Waals surface area contributed by atoms with Gasteiger partial charge in [0.05, 0.1) is 13.7 Å². The van der Waals surface area contributed by atoms with Crippen LogP contribution in [0.4, 0.5) is 4.39 Å². The molecule has 0 atom stereocenters. The Morgan fingerprint density at radius 3 is 2.71 bits per heavy atom. The SMILES string of the molecule is CCc1cnc(CNC(=NC)N2CCN(Cc3ccc(OC)c(F)c3)CC2)s1. The van der Waals surface area contributed by atoms with Crippen molar-refractivity contribution in [3.8, 4) is 5.75 Å².